The lowest BCUT2D eigenvalue weighted by atomic mass is 10.2. The van der Waals surface area contributed by atoms with Crippen molar-refractivity contribution >= 4 is 17.7 Å². The van der Waals surface area contributed by atoms with E-state index in [0.29, 0.717) is 23.0 Å². The highest BCUT2D eigenvalue weighted by molar-refractivity contribution is 7.99. The number of thioether (sulfide) groups is 1. The molecule has 1 heterocycles. The van der Waals surface area contributed by atoms with Crippen LogP contribution in [-0.4, -0.2) is 26.8 Å². The lowest BCUT2D eigenvalue weighted by molar-refractivity contribution is 0.219. The van der Waals surface area contributed by atoms with Gasteiger partial charge in [-0.05, 0) is 26.2 Å². The third-order valence-corrected chi connectivity index (χ3v) is 2.87. The molecule has 1 aromatic heterocycles. The van der Waals surface area contributed by atoms with Gasteiger partial charge in [0.15, 0.2) is 5.16 Å². The first-order chi connectivity index (χ1) is 8.51. The summed E-state index contributed by atoms with van der Waals surface area (Å²) in [6.45, 7) is 8.22. The largest absolute Gasteiger partial charge is 0.461 e. The Bertz CT molecular complexity index is 372. The molecule has 0 aromatic carbocycles. The molecule has 6 nitrogen and oxygen atoms in total. The first-order valence-electron chi connectivity index (χ1n) is 6.03. The number of nitrogens with one attached hydrogen (secondary N) is 1. The Morgan fingerprint density at radius 3 is 2.50 bits per heavy atom. The molecule has 1 aromatic rings. The molecular formula is C11H21N5OS. The minimum atomic E-state index is 0.0199. The fraction of sp³-hybridized carbons (Fsp3) is 0.727. The summed E-state index contributed by atoms with van der Waals surface area (Å²) in [5.41, 5.74) is 2.42. The van der Waals surface area contributed by atoms with E-state index in [9.17, 15) is 0 Å². The molecule has 7 heteroatoms. The summed E-state index contributed by atoms with van der Waals surface area (Å²) in [5.74, 6) is 7.28. The summed E-state index contributed by atoms with van der Waals surface area (Å²) in [4.78, 5) is 12.5. The summed E-state index contributed by atoms with van der Waals surface area (Å²) < 4.78 is 5.45. The Morgan fingerprint density at radius 2 is 1.94 bits per heavy atom. The van der Waals surface area contributed by atoms with Crippen molar-refractivity contribution in [2.45, 2.75) is 45.4 Å². The van der Waals surface area contributed by atoms with Gasteiger partial charge in [-0.1, -0.05) is 25.6 Å². The maximum Gasteiger partial charge on any atom is 0.322 e. The highest BCUT2D eigenvalue weighted by atomic mass is 32.2. The number of nitrogens with zero attached hydrogens (tertiary/aromatic N) is 3. The quantitative estimate of drug-likeness (QED) is 0.446. The van der Waals surface area contributed by atoms with Crippen LogP contribution in [0.1, 0.15) is 34.1 Å². The SMILES string of the molecule is CC(C)CCSc1nc(NN)nc(OC(C)C)n1. The van der Waals surface area contributed by atoms with Crippen LogP contribution < -0.4 is 16.0 Å². The van der Waals surface area contributed by atoms with Crippen LogP contribution in [0.5, 0.6) is 6.01 Å². The van der Waals surface area contributed by atoms with Gasteiger partial charge in [-0.2, -0.15) is 15.0 Å². The Labute approximate surface area is 112 Å². The number of rotatable bonds is 7. The Kier molecular flexibility index (Phi) is 6.14. The second-order valence-electron chi connectivity index (χ2n) is 4.57. The maximum atomic E-state index is 5.45. The summed E-state index contributed by atoms with van der Waals surface area (Å²) in [7, 11) is 0. The second kappa shape index (κ2) is 7.38. The number of aromatic nitrogens is 3. The zero-order chi connectivity index (χ0) is 13.5. The number of hydrazine groups is 1. The van der Waals surface area contributed by atoms with Crippen LogP contribution in [0, 0.1) is 5.92 Å². The van der Waals surface area contributed by atoms with E-state index in [1.807, 2.05) is 13.8 Å². The van der Waals surface area contributed by atoms with E-state index in [0.717, 1.165) is 12.2 Å². The average molecular weight is 271 g/mol. The van der Waals surface area contributed by atoms with Crippen LogP contribution in [-0.2, 0) is 0 Å². The summed E-state index contributed by atoms with van der Waals surface area (Å²) in [6, 6.07) is 0.306. The molecule has 0 spiro atoms. The van der Waals surface area contributed by atoms with Gasteiger partial charge >= 0.3 is 6.01 Å². The van der Waals surface area contributed by atoms with Crippen molar-refractivity contribution in [2.75, 3.05) is 11.2 Å². The van der Waals surface area contributed by atoms with Crippen LogP contribution in [0.3, 0.4) is 0 Å². The summed E-state index contributed by atoms with van der Waals surface area (Å²) in [6.07, 6.45) is 1.13. The van der Waals surface area contributed by atoms with Crippen molar-refractivity contribution in [2.24, 2.45) is 11.8 Å². The number of hydrogen-bond acceptors (Lipinski definition) is 7. The van der Waals surface area contributed by atoms with E-state index >= 15 is 0 Å². The molecule has 0 bridgehead atoms. The normalized spacial score (nSPS) is 11.1. The maximum absolute atomic E-state index is 5.45. The van der Waals surface area contributed by atoms with Crippen LogP contribution in [0.4, 0.5) is 5.95 Å². The molecule has 3 N–H and O–H groups in total. The molecule has 0 saturated carbocycles. The molecule has 0 aliphatic carbocycles. The molecule has 0 unspecified atom stereocenters. The summed E-state index contributed by atoms with van der Waals surface area (Å²) >= 11 is 1.58. The monoisotopic (exact) mass is 271 g/mol. The van der Waals surface area contributed by atoms with Crippen molar-refractivity contribution in [3.05, 3.63) is 0 Å². The molecule has 0 atom stereocenters. The number of anilines is 1. The predicted octanol–water partition coefficient (Wildman–Crippen LogP) is 2.08. The van der Waals surface area contributed by atoms with Crippen molar-refractivity contribution in [3.8, 4) is 6.01 Å². The van der Waals surface area contributed by atoms with Crippen LogP contribution in [0.25, 0.3) is 0 Å². The van der Waals surface area contributed by atoms with E-state index in [1.165, 1.54) is 0 Å². The van der Waals surface area contributed by atoms with Gasteiger partial charge in [-0.25, -0.2) is 5.84 Å². The van der Waals surface area contributed by atoms with Gasteiger partial charge < -0.3 is 4.74 Å². The molecule has 0 amide bonds. The first-order valence-corrected chi connectivity index (χ1v) is 7.02. The molecule has 102 valence electrons. The van der Waals surface area contributed by atoms with Gasteiger partial charge in [0.1, 0.15) is 0 Å². The molecule has 0 saturated heterocycles. The van der Waals surface area contributed by atoms with Crippen LogP contribution in [0.2, 0.25) is 0 Å². The molecule has 0 aliphatic rings. The zero-order valence-corrected chi connectivity index (χ0v) is 12.1. The van der Waals surface area contributed by atoms with Gasteiger partial charge in [0, 0.05) is 5.75 Å². The smallest absolute Gasteiger partial charge is 0.322 e. The van der Waals surface area contributed by atoms with Gasteiger partial charge in [-0.3, -0.25) is 5.43 Å². The number of hydrogen-bond donors (Lipinski definition) is 2. The lowest BCUT2D eigenvalue weighted by Gasteiger charge is -2.10. The Balaban J connectivity index is 2.70. The number of nitrogens with two attached hydrogens (primary N) is 1. The van der Waals surface area contributed by atoms with Crippen molar-refractivity contribution in [1.29, 1.82) is 0 Å². The molecule has 0 fully saturated rings. The molecule has 1 rings (SSSR count). The van der Waals surface area contributed by atoms with Gasteiger partial charge in [0.2, 0.25) is 5.95 Å². The standard InChI is InChI=1S/C11H21N5OS/c1-7(2)5-6-18-11-14-9(16-12)13-10(15-11)17-8(3)4/h7-8H,5-6,12H2,1-4H3,(H,13,14,15,16). The first kappa shape index (κ1) is 15.0. The van der Waals surface area contributed by atoms with Crippen LogP contribution >= 0.6 is 11.8 Å². The van der Waals surface area contributed by atoms with E-state index in [4.69, 9.17) is 10.6 Å². The predicted molar refractivity (Wildman–Crippen MR) is 73.6 cm³/mol. The highest BCUT2D eigenvalue weighted by Gasteiger charge is 2.09. The second-order valence-corrected chi connectivity index (χ2v) is 5.63. The number of ether oxygens (including phenoxy) is 1. The zero-order valence-electron chi connectivity index (χ0n) is 11.3. The fourth-order valence-electron chi connectivity index (χ4n) is 1.12. The minimum absolute atomic E-state index is 0.0199. The van der Waals surface area contributed by atoms with Crippen molar-refractivity contribution in [3.63, 3.8) is 0 Å². The van der Waals surface area contributed by atoms with Crippen molar-refractivity contribution in [1.82, 2.24) is 15.0 Å². The lowest BCUT2D eigenvalue weighted by Crippen LogP contribution is -2.15. The molecule has 0 radical (unpaired) electrons. The minimum Gasteiger partial charge on any atom is -0.461 e. The highest BCUT2D eigenvalue weighted by Crippen LogP contribution is 2.20. The summed E-state index contributed by atoms with van der Waals surface area (Å²) in [5, 5.41) is 0.634. The van der Waals surface area contributed by atoms with Crippen molar-refractivity contribution < 1.29 is 4.74 Å². The Morgan fingerprint density at radius 1 is 1.22 bits per heavy atom. The van der Waals surface area contributed by atoms with Gasteiger partial charge in [0.25, 0.3) is 0 Å². The molecule has 18 heavy (non-hydrogen) atoms. The van der Waals surface area contributed by atoms with Gasteiger partial charge in [0.05, 0.1) is 6.10 Å². The third kappa shape index (κ3) is 5.50. The van der Waals surface area contributed by atoms with E-state index < -0.39 is 0 Å². The molecular weight excluding hydrogens is 250 g/mol. The fourth-order valence-corrected chi connectivity index (χ4v) is 2.18. The van der Waals surface area contributed by atoms with E-state index in [2.05, 4.69) is 34.2 Å². The topological polar surface area (TPSA) is 86.0 Å². The molecule has 0 aliphatic heterocycles. The third-order valence-electron chi connectivity index (χ3n) is 1.99. The Hall–Kier alpha value is -1.08. The average Bonchev–Trinajstić information content (AvgIpc) is 2.27. The van der Waals surface area contributed by atoms with Gasteiger partial charge in [-0.15, -0.1) is 0 Å². The van der Waals surface area contributed by atoms with Crippen LogP contribution in [0.15, 0.2) is 5.16 Å². The number of nitrogen functional groups attached to an aromatic ring is 1. The van der Waals surface area contributed by atoms with E-state index in [-0.39, 0.29) is 6.10 Å². The van der Waals surface area contributed by atoms with E-state index in [1.54, 1.807) is 11.8 Å².